The lowest BCUT2D eigenvalue weighted by molar-refractivity contribution is -0.0343. The van der Waals surface area contributed by atoms with Gasteiger partial charge in [0, 0.05) is 37.0 Å². The summed E-state index contributed by atoms with van der Waals surface area (Å²) in [6.07, 6.45) is 5.45. The third-order valence-electron chi connectivity index (χ3n) is 4.99. The molecule has 27 heavy (non-hydrogen) atoms. The fraction of sp³-hybridized carbons (Fsp3) is 0.238. The van der Waals surface area contributed by atoms with Crippen molar-refractivity contribution in [1.82, 2.24) is 19.7 Å². The molecule has 1 saturated heterocycles. The van der Waals surface area contributed by atoms with E-state index in [9.17, 15) is 0 Å². The third-order valence-corrected chi connectivity index (χ3v) is 4.99. The summed E-state index contributed by atoms with van der Waals surface area (Å²) in [6, 6.07) is 16.5. The van der Waals surface area contributed by atoms with Crippen LogP contribution in [0.2, 0.25) is 0 Å². The Kier molecular flexibility index (Phi) is 4.20. The van der Waals surface area contributed by atoms with Crippen molar-refractivity contribution in [2.24, 2.45) is 0 Å². The second-order valence-electron chi connectivity index (χ2n) is 6.81. The van der Waals surface area contributed by atoms with Crippen LogP contribution in [0.1, 0.15) is 17.4 Å². The Hall–Kier alpha value is -2.96. The van der Waals surface area contributed by atoms with Crippen LogP contribution in [-0.2, 0) is 11.3 Å². The zero-order valence-corrected chi connectivity index (χ0v) is 14.9. The van der Waals surface area contributed by atoms with Crippen molar-refractivity contribution in [1.29, 1.82) is 0 Å². The molecular formula is C21H20N4O2. The summed E-state index contributed by atoms with van der Waals surface area (Å²) in [7, 11) is 0. The number of nitrogens with zero attached hydrogens (tertiary/aromatic N) is 4. The highest BCUT2D eigenvalue weighted by Crippen LogP contribution is 2.27. The van der Waals surface area contributed by atoms with E-state index in [1.807, 2.05) is 35.0 Å². The van der Waals surface area contributed by atoms with Gasteiger partial charge in [0.2, 0.25) is 0 Å². The molecule has 1 fully saturated rings. The first-order valence-corrected chi connectivity index (χ1v) is 9.12. The molecule has 0 amide bonds. The maximum absolute atomic E-state index is 6.01. The van der Waals surface area contributed by atoms with Gasteiger partial charge in [-0.05, 0) is 17.7 Å². The van der Waals surface area contributed by atoms with Crippen LogP contribution in [0.3, 0.4) is 0 Å². The molecule has 3 aromatic heterocycles. The van der Waals surface area contributed by atoms with Crippen molar-refractivity contribution < 1.29 is 9.15 Å². The molecule has 0 saturated carbocycles. The molecule has 0 unspecified atom stereocenters. The molecule has 1 aliphatic heterocycles. The summed E-state index contributed by atoms with van der Waals surface area (Å²) < 4.78 is 13.0. The van der Waals surface area contributed by atoms with E-state index in [-0.39, 0.29) is 6.10 Å². The van der Waals surface area contributed by atoms with Gasteiger partial charge in [0.05, 0.1) is 24.6 Å². The number of furan rings is 1. The van der Waals surface area contributed by atoms with Gasteiger partial charge in [-0.25, -0.2) is 4.52 Å². The van der Waals surface area contributed by atoms with E-state index in [2.05, 4.69) is 39.5 Å². The van der Waals surface area contributed by atoms with Crippen molar-refractivity contribution in [2.75, 3.05) is 19.7 Å². The van der Waals surface area contributed by atoms with Gasteiger partial charge in [0.15, 0.2) is 0 Å². The minimum Gasteiger partial charge on any atom is -0.472 e. The number of hydrogen-bond donors (Lipinski definition) is 0. The highest BCUT2D eigenvalue weighted by molar-refractivity contribution is 5.66. The average Bonchev–Trinajstić information content (AvgIpc) is 3.38. The van der Waals surface area contributed by atoms with Crippen molar-refractivity contribution in [3.8, 4) is 11.1 Å². The van der Waals surface area contributed by atoms with E-state index in [1.165, 1.54) is 5.56 Å². The Balaban J connectivity index is 1.39. The summed E-state index contributed by atoms with van der Waals surface area (Å²) in [4.78, 5) is 2.36. The summed E-state index contributed by atoms with van der Waals surface area (Å²) in [5.74, 6) is 0. The van der Waals surface area contributed by atoms with E-state index in [1.54, 1.807) is 12.5 Å². The van der Waals surface area contributed by atoms with E-state index >= 15 is 0 Å². The second-order valence-corrected chi connectivity index (χ2v) is 6.81. The number of ether oxygens (including phenoxy) is 1. The van der Waals surface area contributed by atoms with Crippen LogP contribution in [-0.4, -0.2) is 39.4 Å². The Labute approximate surface area is 157 Å². The summed E-state index contributed by atoms with van der Waals surface area (Å²) in [5.41, 5.74) is 5.34. The van der Waals surface area contributed by atoms with Crippen molar-refractivity contribution >= 4 is 5.52 Å². The van der Waals surface area contributed by atoms with Gasteiger partial charge in [-0.3, -0.25) is 4.90 Å². The molecule has 4 aromatic rings. The van der Waals surface area contributed by atoms with Crippen molar-refractivity contribution in [3.63, 3.8) is 0 Å². The molecule has 5 rings (SSSR count). The highest BCUT2D eigenvalue weighted by atomic mass is 16.5. The number of morpholine rings is 1. The van der Waals surface area contributed by atoms with Gasteiger partial charge < -0.3 is 9.15 Å². The molecule has 1 aliphatic rings. The molecule has 0 N–H and O–H groups in total. The predicted octanol–water partition coefficient (Wildman–Crippen LogP) is 3.56. The highest BCUT2D eigenvalue weighted by Gasteiger charge is 2.26. The fourth-order valence-electron chi connectivity index (χ4n) is 3.60. The first-order valence-electron chi connectivity index (χ1n) is 9.12. The molecule has 0 bridgehead atoms. The zero-order chi connectivity index (χ0) is 18.1. The lowest BCUT2D eigenvalue weighted by Crippen LogP contribution is -2.37. The molecule has 1 atom stereocenters. The molecule has 6 heteroatoms. The second kappa shape index (κ2) is 6.98. The normalized spacial score (nSPS) is 18.1. The molecule has 0 aliphatic carbocycles. The van der Waals surface area contributed by atoms with Crippen LogP contribution in [0, 0.1) is 0 Å². The van der Waals surface area contributed by atoms with Gasteiger partial charge >= 0.3 is 0 Å². The van der Waals surface area contributed by atoms with Gasteiger partial charge in [-0.2, -0.15) is 0 Å². The van der Waals surface area contributed by atoms with Gasteiger partial charge in [0.1, 0.15) is 11.8 Å². The minimum absolute atomic E-state index is 0.0780. The molecular weight excluding hydrogens is 340 g/mol. The number of aromatic nitrogens is 3. The van der Waals surface area contributed by atoms with Crippen molar-refractivity contribution in [2.45, 2.75) is 12.6 Å². The molecule has 0 spiro atoms. The smallest absolute Gasteiger partial charge is 0.121 e. The molecule has 136 valence electrons. The monoisotopic (exact) mass is 360 g/mol. The number of rotatable bonds is 4. The summed E-state index contributed by atoms with van der Waals surface area (Å²) in [6.45, 7) is 3.23. The molecule has 1 aromatic carbocycles. The Morgan fingerprint density at radius 2 is 1.96 bits per heavy atom. The molecule has 0 radical (unpaired) electrons. The van der Waals surface area contributed by atoms with Crippen LogP contribution in [0.5, 0.6) is 0 Å². The van der Waals surface area contributed by atoms with E-state index in [0.29, 0.717) is 6.61 Å². The minimum atomic E-state index is -0.0780. The van der Waals surface area contributed by atoms with Crippen LogP contribution >= 0.6 is 0 Å². The van der Waals surface area contributed by atoms with Crippen molar-refractivity contribution in [3.05, 3.63) is 78.5 Å². The number of hydrogen-bond acceptors (Lipinski definition) is 5. The van der Waals surface area contributed by atoms with E-state index < -0.39 is 0 Å². The SMILES string of the molecule is c1ccc(-c2ccc3c([C@@H]4CN(Cc5ccoc5)CCO4)nnn3c2)cc1. The van der Waals surface area contributed by atoms with Crippen LogP contribution in [0.4, 0.5) is 0 Å². The molecule has 6 nitrogen and oxygen atoms in total. The van der Waals surface area contributed by atoms with Gasteiger partial charge in [-0.15, -0.1) is 5.10 Å². The van der Waals surface area contributed by atoms with Gasteiger partial charge in [-0.1, -0.05) is 41.6 Å². The standard InChI is InChI=1S/C21H20N4O2/c1-2-4-17(5-3-1)18-6-7-19-21(22-23-25(19)13-18)20-14-24(9-11-27-20)12-16-8-10-26-15-16/h1-8,10,13,15,20H,9,11-12,14H2/t20-/m0/s1. The molecule has 4 heterocycles. The lowest BCUT2D eigenvalue weighted by Gasteiger charge is -2.31. The maximum Gasteiger partial charge on any atom is 0.121 e. The topological polar surface area (TPSA) is 55.8 Å². The summed E-state index contributed by atoms with van der Waals surface area (Å²) in [5, 5.41) is 8.76. The van der Waals surface area contributed by atoms with E-state index in [0.717, 1.165) is 42.0 Å². The number of pyridine rings is 1. The summed E-state index contributed by atoms with van der Waals surface area (Å²) >= 11 is 0. The third kappa shape index (κ3) is 3.25. The average molecular weight is 360 g/mol. The quantitative estimate of drug-likeness (QED) is 0.557. The number of fused-ring (bicyclic) bond motifs is 1. The van der Waals surface area contributed by atoms with Crippen LogP contribution in [0.15, 0.2) is 71.7 Å². The van der Waals surface area contributed by atoms with E-state index in [4.69, 9.17) is 9.15 Å². The zero-order valence-electron chi connectivity index (χ0n) is 14.9. The first kappa shape index (κ1) is 16.2. The Morgan fingerprint density at radius 1 is 1.04 bits per heavy atom. The first-order chi connectivity index (χ1) is 13.4. The Bertz CT molecular complexity index is 1030. The van der Waals surface area contributed by atoms with Crippen LogP contribution in [0.25, 0.3) is 16.6 Å². The largest absolute Gasteiger partial charge is 0.472 e. The number of benzene rings is 1. The maximum atomic E-state index is 6.01. The van der Waals surface area contributed by atoms with Crippen LogP contribution < -0.4 is 0 Å². The fourth-order valence-corrected chi connectivity index (χ4v) is 3.60. The predicted molar refractivity (Wildman–Crippen MR) is 101 cm³/mol. The van der Waals surface area contributed by atoms with Gasteiger partial charge in [0.25, 0.3) is 0 Å². The lowest BCUT2D eigenvalue weighted by atomic mass is 10.1. The Morgan fingerprint density at radius 3 is 2.81 bits per heavy atom.